The quantitative estimate of drug-likeness (QED) is 0.891. The fourth-order valence-electron chi connectivity index (χ4n) is 2.28. The van der Waals surface area contributed by atoms with Gasteiger partial charge in [-0.15, -0.1) is 0 Å². The molecule has 0 saturated carbocycles. The smallest absolute Gasteiger partial charge is 0.258 e. The average Bonchev–Trinajstić information content (AvgIpc) is 2.46. The number of carbonyl (C=O) groups excluding carboxylic acids is 1. The van der Waals surface area contributed by atoms with Crippen LogP contribution in [0.4, 0.5) is 5.69 Å². The monoisotopic (exact) mass is 347 g/mol. The van der Waals surface area contributed by atoms with Gasteiger partial charge in [0.15, 0.2) is 0 Å². The number of halogens is 1. The standard InChI is InChI=1S/C17H18BrNO2/c1-4-19(16-10-14(20)8-6-12(16)3)17(21)15-9-13(18)7-5-11(15)2/h5-10,20H,4H2,1-3H3. The Labute approximate surface area is 133 Å². The summed E-state index contributed by atoms with van der Waals surface area (Å²) in [6.45, 7) is 6.31. The second kappa shape index (κ2) is 6.31. The number of benzene rings is 2. The molecule has 0 aliphatic heterocycles. The Bertz CT molecular complexity index is 682. The van der Waals surface area contributed by atoms with Crippen molar-refractivity contribution in [2.45, 2.75) is 20.8 Å². The first-order valence-electron chi connectivity index (χ1n) is 6.81. The molecule has 0 spiro atoms. The molecule has 3 nitrogen and oxygen atoms in total. The van der Waals surface area contributed by atoms with Crippen molar-refractivity contribution in [3.05, 3.63) is 57.6 Å². The van der Waals surface area contributed by atoms with Crippen LogP contribution < -0.4 is 4.90 Å². The number of aryl methyl sites for hydroxylation is 2. The summed E-state index contributed by atoms with van der Waals surface area (Å²) in [5, 5.41) is 9.69. The third-order valence-electron chi connectivity index (χ3n) is 3.47. The van der Waals surface area contributed by atoms with Gasteiger partial charge in [0.1, 0.15) is 5.75 Å². The zero-order chi connectivity index (χ0) is 15.6. The van der Waals surface area contributed by atoms with E-state index in [1.165, 1.54) is 0 Å². The van der Waals surface area contributed by atoms with Crippen LogP contribution >= 0.6 is 15.9 Å². The Morgan fingerprint density at radius 2 is 1.81 bits per heavy atom. The highest BCUT2D eigenvalue weighted by molar-refractivity contribution is 9.10. The fourth-order valence-corrected chi connectivity index (χ4v) is 2.64. The molecule has 2 aromatic carbocycles. The Kier molecular flexibility index (Phi) is 4.68. The van der Waals surface area contributed by atoms with Crippen molar-refractivity contribution in [2.24, 2.45) is 0 Å². The van der Waals surface area contributed by atoms with Gasteiger partial charge in [0.05, 0.1) is 5.69 Å². The van der Waals surface area contributed by atoms with Crippen LogP contribution in [0, 0.1) is 13.8 Å². The molecule has 1 N–H and O–H groups in total. The number of nitrogens with zero attached hydrogens (tertiary/aromatic N) is 1. The fraction of sp³-hybridized carbons (Fsp3) is 0.235. The summed E-state index contributed by atoms with van der Waals surface area (Å²) < 4.78 is 0.875. The minimum atomic E-state index is -0.0648. The molecule has 0 radical (unpaired) electrons. The number of anilines is 1. The van der Waals surface area contributed by atoms with Crippen LogP contribution in [0.5, 0.6) is 5.75 Å². The summed E-state index contributed by atoms with van der Waals surface area (Å²) in [6, 6.07) is 10.7. The molecule has 0 aliphatic carbocycles. The van der Waals surface area contributed by atoms with Gasteiger partial charge >= 0.3 is 0 Å². The van der Waals surface area contributed by atoms with Gasteiger partial charge in [-0.25, -0.2) is 0 Å². The van der Waals surface area contributed by atoms with E-state index in [0.29, 0.717) is 12.1 Å². The normalized spacial score (nSPS) is 10.5. The number of hydrogen-bond donors (Lipinski definition) is 1. The third kappa shape index (κ3) is 3.27. The number of phenolic OH excluding ortho intramolecular Hbond substituents is 1. The van der Waals surface area contributed by atoms with Crippen LogP contribution in [0.1, 0.15) is 28.4 Å². The minimum Gasteiger partial charge on any atom is -0.508 e. The summed E-state index contributed by atoms with van der Waals surface area (Å²) >= 11 is 3.41. The van der Waals surface area contributed by atoms with Crippen LogP contribution in [0.2, 0.25) is 0 Å². The van der Waals surface area contributed by atoms with Gasteiger partial charge in [-0.1, -0.05) is 28.1 Å². The third-order valence-corrected chi connectivity index (χ3v) is 3.97. The van der Waals surface area contributed by atoms with E-state index in [2.05, 4.69) is 15.9 Å². The van der Waals surface area contributed by atoms with Crippen LogP contribution in [-0.2, 0) is 0 Å². The topological polar surface area (TPSA) is 40.5 Å². The molecule has 0 aliphatic rings. The molecule has 0 heterocycles. The number of aromatic hydroxyl groups is 1. The highest BCUT2D eigenvalue weighted by Gasteiger charge is 2.20. The minimum absolute atomic E-state index is 0.0648. The molecule has 110 valence electrons. The average molecular weight is 348 g/mol. The molecule has 0 atom stereocenters. The molecule has 0 aromatic heterocycles. The van der Waals surface area contributed by atoms with Gasteiger partial charge in [-0.2, -0.15) is 0 Å². The van der Waals surface area contributed by atoms with Crippen molar-refractivity contribution in [1.82, 2.24) is 0 Å². The molecular weight excluding hydrogens is 330 g/mol. The molecule has 21 heavy (non-hydrogen) atoms. The first-order valence-corrected chi connectivity index (χ1v) is 7.61. The summed E-state index contributed by atoms with van der Waals surface area (Å²) in [4.78, 5) is 14.5. The van der Waals surface area contributed by atoms with Crippen LogP contribution in [-0.4, -0.2) is 17.6 Å². The lowest BCUT2D eigenvalue weighted by Crippen LogP contribution is -2.31. The lowest BCUT2D eigenvalue weighted by molar-refractivity contribution is 0.0987. The molecular formula is C17H18BrNO2. The maximum absolute atomic E-state index is 12.8. The Balaban J connectivity index is 2.48. The molecule has 4 heteroatoms. The van der Waals surface area contributed by atoms with Gasteiger partial charge in [0.2, 0.25) is 0 Å². The number of amides is 1. The Morgan fingerprint density at radius 3 is 2.48 bits per heavy atom. The Hall–Kier alpha value is -1.81. The second-order valence-electron chi connectivity index (χ2n) is 4.98. The van der Waals surface area contributed by atoms with Gasteiger partial charge in [0, 0.05) is 22.6 Å². The number of rotatable bonds is 3. The van der Waals surface area contributed by atoms with E-state index in [4.69, 9.17) is 0 Å². The number of hydrogen-bond acceptors (Lipinski definition) is 2. The zero-order valence-electron chi connectivity index (χ0n) is 12.4. The number of carbonyl (C=O) groups is 1. The van der Waals surface area contributed by atoms with Gasteiger partial charge in [0.25, 0.3) is 5.91 Å². The Morgan fingerprint density at radius 1 is 1.14 bits per heavy atom. The van der Waals surface area contributed by atoms with E-state index >= 15 is 0 Å². The summed E-state index contributed by atoms with van der Waals surface area (Å²) in [6.07, 6.45) is 0. The van der Waals surface area contributed by atoms with Crippen molar-refractivity contribution in [3.63, 3.8) is 0 Å². The zero-order valence-corrected chi connectivity index (χ0v) is 13.9. The van der Waals surface area contributed by atoms with Crippen LogP contribution in [0.3, 0.4) is 0 Å². The number of phenols is 1. The lowest BCUT2D eigenvalue weighted by Gasteiger charge is -2.24. The SMILES string of the molecule is CCN(C(=O)c1cc(Br)ccc1C)c1cc(O)ccc1C. The predicted molar refractivity (Wildman–Crippen MR) is 89.1 cm³/mol. The van der Waals surface area contributed by atoms with Crippen molar-refractivity contribution in [3.8, 4) is 5.75 Å². The largest absolute Gasteiger partial charge is 0.508 e. The molecule has 2 rings (SSSR count). The molecule has 2 aromatic rings. The molecule has 0 saturated heterocycles. The second-order valence-corrected chi connectivity index (χ2v) is 5.90. The lowest BCUT2D eigenvalue weighted by atomic mass is 10.1. The van der Waals surface area contributed by atoms with Crippen LogP contribution in [0.25, 0.3) is 0 Å². The first kappa shape index (κ1) is 15.6. The highest BCUT2D eigenvalue weighted by atomic mass is 79.9. The molecule has 0 bridgehead atoms. The van der Waals surface area contributed by atoms with E-state index in [-0.39, 0.29) is 11.7 Å². The summed E-state index contributed by atoms with van der Waals surface area (Å²) in [5.74, 6) is 0.0952. The van der Waals surface area contributed by atoms with E-state index in [0.717, 1.165) is 21.3 Å². The van der Waals surface area contributed by atoms with Crippen molar-refractivity contribution in [1.29, 1.82) is 0 Å². The van der Waals surface area contributed by atoms with Crippen molar-refractivity contribution >= 4 is 27.5 Å². The van der Waals surface area contributed by atoms with E-state index in [9.17, 15) is 9.90 Å². The maximum Gasteiger partial charge on any atom is 0.258 e. The van der Waals surface area contributed by atoms with Gasteiger partial charge < -0.3 is 10.0 Å². The van der Waals surface area contributed by atoms with Gasteiger partial charge in [-0.05, 0) is 50.1 Å². The van der Waals surface area contributed by atoms with Crippen LogP contribution in [0.15, 0.2) is 40.9 Å². The summed E-state index contributed by atoms with van der Waals surface area (Å²) in [7, 11) is 0. The van der Waals surface area contributed by atoms with Crippen molar-refractivity contribution < 1.29 is 9.90 Å². The van der Waals surface area contributed by atoms with Crippen molar-refractivity contribution in [2.75, 3.05) is 11.4 Å². The van der Waals surface area contributed by atoms with E-state index < -0.39 is 0 Å². The first-order chi connectivity index (χ1) is 9.93. The maximum atomic E-state index is 12.8. The predicted octanol–water partition coefficient (Wildman–Crippen LogP) is 4.44. The van der Waals surface area contributed by atoms with E-state index in [1.54, 1.807) is 17.0 Å². The summed E-state index contributed by atoms with van der Waals surface area (Å²) in [5.41, 5.74) is 3.28. The van der Waals surface area contributed by atoms with Gasteiger partial charge in [-0.3, -0.25) is 4.79 Å². The molecule has 0 unspecified atom stereocenters. The highest BCUT2D eigenvalue weighted by Crippen LogP contribution is 2.27. The van der Waals surface area contributed by atoms with E-state index in [1.807, 2.05) is 45.0 Å². The molecule has 1 amide bonds. The molecule has 0 fully saturated rings.